The summed E-state index contributed by atoms with van der Waals surface area (Å²) in [6.07, 6.45) is 1.67. The van der Waals surface area contributed by atoms with E-state index in [1.165, 1.54) is 6.07 Å². The van der Waals surface area contributed by atoms with Gasteiger partial charge >= 0.3 is 5.97 Å². The number of hydrogen-bond donors (Lipinski definition) is 0. The average molecular weight is 465 g/mol. The minimum atomic E-state index is -0.553. The van der Waals surface area contributed by atoms with Gasteiger partial charge in [-0.2, -0.15) is 0 Å². The second-order valence-corrected chi connectivity index (χ2v) is 7.53. The van der Waals surface area contributed by atoms with Crippen LogP contribution in [0.5, 0.6) is 23.0 Å². The van der Waals surface area contributed by atoms with Gasteiger partial charge in [-0.15, -0.1) is 0 Å². The second-order valence-electron chi connectivity index (χ2n) is 6.61. The highest BCUT2D eigenvalue weighted by Crippen LogP contribution is 2.36. The lowest BCUT2D eigenvalue weighted by molar-refractivity contribution is 0.0734. The Kier molecular flexibility index (Phi) is 4.52. The number of allylic oxidation sites excluding steroid dienone is 1. The van der Waals surface area contributed by atoms with Crippen LogP contribution in [-0.4, -0.2) is 18.5 Å². The normalized spacial score (nSPS) is 15.1. The van der Waals surface area contributed by atoms with Crippen molar-refractivity contribution in [2.45, 2.75) is 0 Å². The van der Waals surface area contributed by atoms with Crippen LogP contribution in [0.3, 0.4) is 0 Å². The zero-order valence-corrected chi connectivity index (χ0v) is 17.0. The molecule has 5 rings (SSSR count). The van der Waals surface area contributed by atoms with E-state index in [0.29, 0.717) is 28.4 Å². The van der Waals surface area contributed by atoms with Gasteiger partial charge in [-0.3, -0.25) is 4.79 Å². The first-order valence-electron chi connectivity index (χ1n) is 9.02. The highest BCUT2D eigenvalue weighted by molar-refractivity contribution is 9.10. The van der Waals surface area contributed by atoms with Gasteiger partial charge in [0.15, 0.2) is 17.3 Å². The molecule has 7 heteroatoms. The molecule has 148 valence electrons. The first-order chi connectivity index (χ1) is 14.6. The van der Waals surface area contributed by atoms with Gasteiger partial charge in [0.05, 0.1) is 11.1 Å². The van der Waals surface area contributed by atoms with E-state index in [4.69, 9.17) is 18.9 Å². The number of esters is 1. The summed E-state index contributed by atoms with van der Waals surface area (Å²) in [7, 11) is 0. The lowest BCUT2D eigenvalue weighted by Gasteiger charge is -2.06. The summed E-state index contributed by atoms with van der Waals surface area (Å²) in [4.78, 5) is 25.1. The highest BCUT2D eigenvalue weighted by Gasteiger charge is 2.28. The molecule has 0 bridgehead atoms. The van der Waals surface area contributed by atoms with Crippen molar-refractivity contribution >= 4 is 33.8 Å². The van der Waals surface area contributed by atoms with E-state index in [2.05, 4.69) is 15.9 Å². The molecule has 0 unspecified atom stereocenters. The van der Waals surface area contributed by atoms with Crippen LogP contribution in [0.25, 0.3) is 6.08 Å². The van der Waals surface area contributed by atoms with Gasteiger partial charge in [0.25, 0.3) is 0 Å². The maximum Gasteiger partial charge on any atom is 0.343 e. The van der Waals surface area contributed by atoms with Gasteiger partial charge in [-0.1, -0.05) is 28.1 Å². The van der Waals surface area contributed by atoms with Crippen LogP contribution in [0.1, 0.15) is 26.3 Å². The number of hydrogen-bond acceptors (Lipinski definition) is 6. The quantitative estimate of drug-likeness (QED) is 0.308. The molecule has 3 aromatic rings. The first-order valence-corrected chi connectivity index (χ1v) is 9.82. The standard InChI is InChI=1S/C23H13BrO6/c24-15-3-1-2-13(8-15)9-21-22(25)17-6-5-16(11-19(17)30-21)29-23(26)14-4-7-18-20(10-14)28-12-27-18/h1-11H,12H2. The lowest BCUT2D eigenvalue weighted by Crippen LogP contribution is -2.08. The predicted molar refractivity (Wildman–Crippen MR) is 111 cm³/mol. The Morgan fingerprint density at radius 2 is 1.83 bits per heavy atom. The molecule has 0 atom stereocenters. The molecule has 0 amide bonds. The van der Waals surface area contributed by atoms with Crippen molar-refractivity contribution in [3.8, 4) is 23.0 Å². The lowest BCUT2D eigenvalue weighted by atomic mass is 10.1. The number of rotatable bonds is 3. The fourth-order valence-corrected chi connectivity index (χ4v) is 3.58. The SMILES string of the molecule is O=C(Oc1ccc2c(c1)OC(=Cc1cccc(Br)c1)C2=O)c1ccc2c(c1)OCO2. The average Bonchev–Trinajstić information content (AvgIpc) is 3.32. The van der Waals surface area contributed by atoms with Crippen molar-refractivity contribution in [2.24, 2.45) is 0 Å². The number of ketones is 1. The molecule has 0 saturated carbocycles. The largest absolute Gasteiger partial charge is 0.454 e. The van der Waals surface area contributed by atoms with Crippen molar-refractivity contribution < 1.29 is 28.5 Å². The van der Waals surface area contributed by atoms with E-state index in [0.717, 1.165) is 10.0 Å². The molecule has 2 aliphatic rings. The predicted octanol–water partition coefficient (Wildman–Crippen LogP) is 5.01. The number of fused-ring (bicyclic) bond motifs is 2. The van der Waals surface area contributed by atoms with E-state index in [1.807, 2.05) is 24.3 Å². The Balaban J connectivity index is 1.36. The molecule has 2 heterocycles. The minimum Gasteiger partial charge on any atom is -0.454 e. The zero-order valence-electron chi connectivity index (χ0n) is 15.4. The molecule has 0 spiro atoms. The van der Waals surface area contributed by atoms with Crippen LogP contribution >= 0.6 is 15.9 Å². The fraction of sp³-hybridized carbons (Fsp3) is 0.0435. The molecule has 0 N–H and O–H groups in total. The van der Waals surface area contributed by atoms with E-state index < -0.39 is 5.97 Å². The summed E-state index contributed by atoms with van der Waals surface area (Å²) in [5.74, 6) is 1.13. The second kappa shape index (κ2) is 7.35. The van der Waals surface area contributed by atoms with Gasteiger partial charge in [0.2, 0.25) is 12.6 Å². The summed E-state index contributed by atoms with van der Waals surface area (Å²) in [6, 6.07) is 17.0. The number of benzene rings is 3. The number of carbonyl (C=O) groups is 2. The van der Waals surface area contributed by atoms with Crippen LogP contribution < -0.4 is 18.9 Å². The van der Waals surface area contributed by atoms with Gasteiger partial charge in [0.1, 0.15) is 11.5 Å². The topological polar surface area (TPSA) is 71.1 Å². The Morgan fingerprint density at radius 3 is 2.70 bits per heavy atom. The third-order valence-electron chi connectivity index (χ3n) is 4.61. The Bertz CT molecular complexity index is 1230. The molecular formula is C23H13BrO6. The number of halogens is 1. The smallest absolute Gasteiger partial charge is 0.343 e. The van der Waals surface area contributed by atoms with Crippen molar-refractivity contribution in [3.05, 3.63) is 87.6 Å². The van der Waals surface area contributed by atoms with Gasteiger partial charge in [-0.25, -0.2) is 4.79 Å². The fourth-order valence-electron chi connectivity index (χ4n) is 3.17. The van der Waals surface area contributed by atoms with Gasteiger partial charge in [0, 0.05) is 10.5 Å². The molecule has 0 fully saturated rings. The van der Waals surface area contributed by atoms with Crippen LogP contribution in [0.15, 0.2) is 70.9 Å². The van der Waals surface area contributed by atoms with Crippen LogP contribution in [0.4, 0.5) is 0 Å². The summed E-state index contributed by atoms with van der Waals surface area (Å²) in [5.41, 5.74) is 1.57. The number of ether oxygens (including phenoxy) is 4. The zero-order chi connectivity index (χ0) is 20.7. The molecule has 0 saturated heterocycles. The van der Waals surface area contributed by atoms with E-state index in [-0.39, 0.29) is 24.1 Å². The van der Waals surface area contributed by atoms with E-state index >= 15 is 0 Å². The molecule has 6 nitrogen and oxygen atoms in total. The van der Waals surface area contributed by atoms with Crippen molar-refractivity contribution in [3.63, 3.8) is 0 Å². The summed E-state index contributed by atoms with van der Waals surface area (Å²) < 4.78 is 22.6. The number of carbonyl (C=O) groups excluding carboxylic acids is 2. The van der Waals surface area contributed by atoms with Gasteiger partial charge < -0.3 is 18.9 Å². The van der Waals surface area contributed by atoms with Crippen LogP contribution in [-0.2, 0) is 0 Å². The minimum absolute atomic E-state index is 0.125. The van der Waals surface area contributed by atoms with E-state index in [1.54, 1.807) is 36.4 Å². The van der Waals surface area contributed by atoms with Crippen molar-refractivity contribution in [1.82, 2.24) is 0 Å². The molecular weight excluding hydrogens is 452 g/mol. The van der Waals surface area contributed by atoms with Crippen molar-refractivity contribution in [2.75, 3.05) is 6.79 Å². The van der Waals surface area contributed by atoms with Gasteiger partial charge in [-0.05, 0) is 54.1 Å². The molecule has 2 aliphatic heterocycles. The summed E-state index contributed by atoms with van der Waals surface area (Å²) >= 11 is 3.40. The third kappa shape index (κ3) is 3.44. The van der Waals surface area contributed by atoms with Crippen LogP contribution in [0.2, 0.25) is 0 Å². The molecule has 0 aromatic heterocycles. The maximum absolute atomic E-state index is 12.6. The first kappa shape index (κ1) is 18.4. The number of Topliss-reactive ketones (excluding diaryl/α,β-unsaturated/α-hetero) is 1. The summed E-state index contributed by atoms with van der Waals surface area (Å²) in [6.45, 7) is 0.125. The third-order valence-corrected chi connectivity index (χ3v) is 5.10. The molecule has 30 heavy (non-hydrogen) atoms. The van der Waals surface area contributed by atoms with Crippen molar-refractivity contribution in [1.29, 1.82) is 0 Å². The summed E-state index contributed by atoms with van der Waals surface area (Å²) in [5, 5.41) is 0. The van der Waals surface area contributed by atoms with E-state index in [9.17, 15) is 9.59 Å². The Labute approximate surface area is 179 Å². The molecule has 3 aromatic carbocycles. The molecule has 0 radical (unpaired) electrons. The Morgan fingerprint density at radius 1 is 0.967 bits per heavy atom. The van der Waals surface area contributed by atoms with Crippen LogP contribution in [0, 0.1) is 0 Å². The molecule has 0 aliphatic carbocycles. The monoisotopic (exact) mass is 464 g/mol. The Hall–Kier alpha value is -3.58. The maximum atomic E-state index is 12.6. The highest BCUT2D eigenvalue weighted by atomic mass is 79.9.